The van der Waals surface area contributed by atoms with Crippen LogP contribution in [0.25, 0.3) is 0 Å². The minimum atomic E-state index is -4.00. The Bertz CT molecular complexity index is 768. The maximum absolute atomic E-state index is 12.1. The molecule has 2 rings (SSSR count). The van der Waals surface area contributed by atoms with E-state index in [1.54, 1.807) is 6.07 Å². The molecule has 0 aliphatic carbocycles. The Morgan fingerprint density at radius 1 is 1.36 bits per heavy atom. The van der Waals surface area contributed by atoms with Crippen molar-refractivity contribution in [1.82, 2.24) is 4.72 Å². The molecule has 0 amide bonds. The third-order valence-corrected chi connectivity index (χ3v) is 4.40. The van der Waals surface area contributed by atoms with Gasteiger partial charge in [0.1, 0.15) is 11.4 Å². The van der Waals surface area contributed by atoms with Gasteiger partial charge in [-0.25, -0.2) is 13.1 Å². The topological polar surface area (TPSA) is 123 Å². The summed E-state index contributed by atoms with van der Waals surface area (Å²) in [5.41, 5.74) is -1.88. The number of nitrogens with zero attached hydrogens (tertiary/aromatic N) is 1. The number of nitrogens with one attached hydrogen (secondary N) is 1. The summed E-state index contributed by atoms with van der Waals surface area (Å²) in [6, 6.07) is 7.73. The molecule has 1 aromatic heterocycles. The molecule has 1 aromatic carbocycles. The van der Waals surface area contributed by atoms with E-state index < -0.39 is 20.5 Å². The van der Waals surface area contributed by atoms with Crippen molar-refractivity contribution in [2.45, 2.75) is 17.4 Å². The van der Waals surface area contributed by atoms with Crippen LogP contribution in [0.1, 0.15) is 12.7 Å². The lowest BCUT2D eigenvalue weighted by atomic mass is 10.1. The predicted molar refractivity (Wildman–Crippen MR) is 76.6 cm³/mol. The van der Waals surface area contributed by atoms with Crippen molar-refractivity contribution >= 4 is 15.7 Å². The Morgan fingerprint density at radius 2 is 2.09 bits per heavy atom. The van der Waals surface area contributed by atoms with Crippen LogP contribution >= 0.6 is 0 Å². The molecule has 9 heteroatoms. The molecule has 0 aliphatic heterocycles. The molecule has 2 aromatic rings. The van der Waals surface area contributed by atoms with E-state index in [1.807, 2.05) is 0 Å². The van der Waals surface area contributed by atoms with E-state index in [-0.39, 0.29) is 22.9 Å². The summed E-state index contributed by atoms with van der Waals surface area (Å²) in [6.07, 6.45) is 1.36. The van der Waals surface area contributed by atoms with Gasteiger partial charge in [0.05, 0.1) is 16.1 Å². The van der Waals surface area contributed by atoms with Gasteiger partial charge in [0.2, 0.25) is 10.0 Å². The maximum Gasteiger partial charge on any atom is 0.270 e. The molecule has 2 N–H and O–H groups in total. The SMILES string of the molecule is CC(O)(CNS(=O)(=O)c1cccc([N+](=O)[O-])c1)c1ccco1. The van der Waals surface area contributed by atoms with Crippen molar-refractivity contribution in [2.75, 3.05) is 6.54 Å². The normalized spacial score (nSPS) is 14.5. The quantitative estimate of drug-likeness (QED) is 0.610. The van der Waals surface area contributed by atoms with Crippen LogP contribution in [-0.4, -0.2) is 25.0 Å². The Morgan fingerprint density at radius 3 is 2.68 bits per heavy atom. The zero-order valence-electron chi connectivity index (χ0n) is 11.6. The number of rotatable bonds is 6. The van der Waals surface area contributed by atoms with Crippen molar-refractivity contribution in [3.63, 3.8) is 0 Å². The summed E-state index contributed by atoms with van der Waals surface area (Å²) in [6.45, 7) is 1.05. The number of furan rings is 1. The van der Waals surface area contributed by atoms with Gasteiger partial charge in [-0.1, -0.05) is 6.07 Å². The van der Waals surface area contributed by atoms with Gasteiger partial charge in [0.25, 0.3) is 5.69 Å². The van der Waals surface area contributed by atoms with E-state index in [9.17, 15) is 23.6 Å². The smallest absolute Gasteiger partial charge is 0.270 e. The molecule has 1 unspecified atom stereocenters. The van der Waals surface area contributed by atoms with Crippen LogP contribution in [-0.2, 0) is 15.6 Å². The second-order valence-electron chi connectivity index (χ2n) is 4.83. The molecule has 0 saturated carbocycles. The molecule has 0 bridgehead atoms. The molecule has 118 valence electrons. The summed E-state index contributed by atoms with van der Waals surface area (Å²) in [5.74, 6) is 0.203. The van der Waals surface area contributed by atoms with Crippen molar-refractivity contribution in [3.05, 3.63) is 58.5 Å². The van der Waals surface area contributed by atoms with Gasteiger partial charge < -0.3 is 9.52 Å². The van der Waals surface area contributed by atoms with E-state index in [1.165, 1.54) is 37.5 Å². The first kappa shape index (κ1) is 16.1. The number of sulfonamides is 1. The van der Waals surface area contributed by atoms with Crippen molar-refractivity contribution in [1.29, 1.82) is 0 Å². The van der Waals surface area contributed by atoms with Gasteiger partial charge >= 0.3 is 0 Å². The highest BCUT2D eigenvalue weighted by molar-refractivity contribution is 7.89. The first-order chi connectivity index (χ1) is 10.2. The van der Waals surface area contributed by atoms with E-state index >= 15 is 0 Å². The first-order valence-corrected chi connectivity index (χ1v) is 7.71. The lowest BCUT2D eigenvalue weighted by Gasteiger charge is -2.21. The van der Waals surface area contributed by atoms with Gasteiger partial charge in [-0.2, -0.15) is 0 Å². The van der Waals surface area contributed by atoms with Crippen LogP contribution in [0.5, 0.6) is 0 Å². The second-order valence-corrected chi connectivity index (χ2v) is 6.60. The Kier molecular flexibility index (Phi) is 4.31. The van der Waals surface area contributed by atoms with Crippen LogP contribution in [0.4, 0.5) is 5.69 Å². The zero-order valence-corrected chi connectivity index (χ0v) is 12.4. The molecular weight excluding hydrogens is 312 g/mol. The van der Waals surface area contributed by atoms with Crippen molar-refractivity contribution in [2.24, 2.45) is 0 Å². The Hall–Kier alpha value is -2.23. The predicted octanol–water partition coefficient (Wildman–Crippen LogP) is 1.37. The Labute approximate surface area is 126 Å². The average molecular weight is 326 g/mol. The van der Waals surface area contributed by atoms with Crippen LogP contribution < -0.4 is 4.72 Å². The molecular formula is C13H14N2O6S. The van der Waals surface area contributed by atoms with E-state index in [0.717, 1.165) is 6.07 Å². The summed E-state index contributed by atoms with van der Waals surface area (Å²) in [5, 5.41) is 20.9. The third-order valence-electron chi connectivity index (χ3n) is 3.00. The summed E-state index contributed by atoms with van der Waals surface area (Å²) in [4.78, 5) is 9.76. The van der Waals surface area contributed by atoms with Crippen LogP contribution in [0.3, 0.4) is 0 Å². The molecule has 22 heavy (non-hydrogen) atoms. The fourth-order valence-electron chi connectivity index (χ4n) is 1.76. The number of nitro benzene ring substituents is 1. The molecule has 0 saturated heterocycles. The fraction of sp³-hybridized carbons (Fsp3) is 0.231. The number of nitro groups is 1. The van der Waals surface area contributed by atoms with Gasteiger partial charge in [0.15, 0.2) is 0 Å². The summed E-state index contributed by atoms with van der Waals surface area (Å²) < 4.78 is 31.6. The van der Waals surface area contributed by atoms with Gasteiger partial charge in [-0.3, -0.25) is 10.1 Å². The number of hydrogen-bond acceptors (Lipinski definition) is 6. The van der Waals surface area contributed by atoms with Crippen molar-refractivity contribution in [3.8, 4) is 0 Å². The lowest BCUT2D eigenvalue weighted by molar-refractivity contribution is -0.385. The van der Waals surface area contributed by atoms with E-state index in [2.05, 4.69) is 4.72 Å². The van der Waals surface area contributed by atoms with E-state index in [0.29, 0.717) is 0 Å². The molecule has 0 aliphatic rings. The number of benzene rings is 1. The molecule has 0 fully saturated rings. The molecule has 1 heterocycles. The standard InChI is InChI=1S/C13H14N2O6S/c1-13(16,12-6-3-7-21-12)9-14-22(19,20)11-5-2-4-10(8-11)15(17)18/h2-8,14,16H,9H2,1H3. The zero-order chi connectivity index (χ0) is 16.4. The number of aliphatic hydroxyl groups is 1. The first-order valence-electron chi connectivity index (χ1n) is 6.23. The fourth-order valence-corrected chi connectivity index (χ4v) is 2.93. The largest absolute Gasteiger partial charge is 0.466 e. The maximum atomic E-state index is 12.1. The minimum absolute atomic E-state index is 0.203. The molecule has 8 nitrogen and oxygen atoms in total. The highest BCUT2D eigenvalue weighted by atomic mass is 32.2. The number of non-ortho nitro benzene ring substituents is 1. The second kappa shape index (κ2) is 5.87. The van der Waals surface area contributed by atoms with Gasteiger partial charge in [-0.15, -0.1) is 0 Å². The third kappa shape index (κ3) is 3.50. The molecule has 0 spiro atoms. The highest BCUT2D eigenvalue weighted by Gasteiger charge is 2.29. The van der Waals surface area contributed by atoms with Crippen molar-refractivity contribution < 1.29 is 22.9 Å². The van der Waals surface area contributed by atoms with Gasteiger partial charge in [-0.05, 0) is 25.1 Å². The monoisotopic (exact) mass is 326 g/mol. The Balaban J connectivity index is 2.18. The molecule has 0 radical (unpaired) electrons. The highest BCUT2D eigenvalue weighted by Crippen LogP contribution is 2.22. The average Bonchev–Trinajstić information content (AvgIpc) is 3.01. The van der Waals surface area contributed by atoms with Crippen LogP contribution in [0.15, 0.2) is 52.0 Å². The van der Waals surface area contributed by atoms with Crippen LogP contribution in [0, 0.1) is 10.1 Å². The lowest BCUT2D eigenvalue weighted by Crippen LogP contribution is -2.38. The van der Waals surface area contributed by atoms with E-state index in [4.69, 9.17) is 4.42 Å². The molecule has 1 atom stereocenters. The number of hydrogen-bond donors (Lipinski definition) is 2. The summed E-state index contributed by atoms with van der Waals surface area (Å²) in [7, 11) is -4.00. The minimum Gasteiger partial charge on any atom is -0.466 e. The summed E-state index contributed by atoms with van der Waals surface area (Å²) >= 11 is 0. The van der Waals surface area contributed by atoms with Crippen LogP contribution in [0.2, 0.25) is 0 Å². The van der Waals surface area contributed by atoms with Gasteiger partial charge in [0, 0.05) is 18.7 Å².